The molecule has 0 aliphatic carbocycles. The summed E-state index contributed by atoms with van der Waals surface area (Å²) in [6.45, 7) is 3.96. The second-order valence-electron chi connectivity index (χ2n) is 5.44. The monoisotopic (exact) mass is 297 g/mol. The van der Waals surface area contributed by atoms with Crippen molar-refractivity contribution >= 4 is 17.5 Å². The molecule has 0 aromatic heterocycles. The van der Waals surface area contributed by atoms with Gasteiger partial charge < -0.3 is 15.2 Å². The summed E-state index contributed by atoms with van der Waals surface area (Å²) in [5, 5.41) is 12.7. The third-order valence-corrected chi connectivity index (χ3v) is 4.09. The van der Waals surface area contributed by atoms with Gasteiger partial charge in [-0.25, -0.2) is 0 Å². The highest BCUT2D eigenvalue weighted by atomic mass is 35.5. The molecule has 4 nitrogen and oxygen atoms in total. The third-order valence-electron chi connectivity index (χ3n) is 3.86. The second kappa shape index (κ2) is 6.02. The van der Waals surface area contributed by atoms with Gasteiger partial charge in [-0.05, 0) is 43.5 Å². The molecule has 1 aromatic carbocycles. The van der Waals surface area contributed by atoms with Gasteiger partial charge in [0.25, 0.3) is 5.91 Å². The zero-order valence-electron chi connectivity index (χ0n) is 11.8. The molecule has 5 heteroatoms. The van der Waals surface area contributed by atoms with Crippen LogP contribution in [0.15, 0.2) is 18.2 Å². The van der Waals surface area contributed by atoms with E-state index in [4.69, 9.17) is 21.4 Å². The lowest BCUT2D eigenvalue weighted by molar-refractivity contribution is -0.129. The number of amides is 1. The molecule has 2 atom stereocenters. The molecule has 1 aliphatic heterocycles. The predicted molar refractivity (Wildman–Crippen MR) is 78.1 cm³/mol. The van der Waals surface area contributed by atoms with Crippen molar-refractivity contribution in [1.29, 1.82) is 0 Å². The van der Waals surface area contributed by atoms with Crippen LogP contribution >= 0.6 is 11.6 Å². The molecule has 1 aliphatic rings. The molecule has 2 unspecified atom stereocenters. The number of carbonyl (C=O) groups is 1. The fourth-order valence-electron chi connectivity index (χ4n) is 2.32. The number of aliphatic hydroxyl groups excluding tert-OH is 1. The van der Waals surface area contributed by atoms with Gasteiger partial charge in [-0.1, -0.05) is 18.5 Å². The van der Waals surface area contributed by atoms with E-state index in [-0.39, 0.29) is 12.5 Å². The Morgan fingerprint density at radius 3 is 3.00 bits per heavy atom. The lowest BCUT2D eigenvalue weighted by Gasteiger charge is -2.30. The first-order chi connectivity index (χ1) is 9.47. The van der Waals surface area contributed by atoms with E-state index in [9.17, 15) is 4.79 Å². The van der Waals surface area contributed by atoms with Gasteiger partial charge in [0.1, 0.15) is 5.75 Å². The maximum absolute atomic E-state index is 12.3. The van der Waals surface area contributed by atoms with E-state index in [2.05, 4.69) is 5.32 Å². The quantitative estimate of drug-likeness (QED) is 0.877. The molecule has 0 radical (unpaired) electrons. The Morgan fingerprint density at radius 2 is 2.35 bits per heavy atom. The Bertz CT molecular complexity index is 506. The van der Waals surface area contributed by atoms with Gasteiger partial charge in [-0.3, -0.25) is 4.79 Å². The summed E-state index contributed by atoms with van der Waals surface area (Å²) < 4.78 is 5.66. The van der Waals surface area contributed by atoms with Crippen LogP contribution in [-0.4, -0.2) is 29.3 Å². The maximum Gasteiger partial charge on any atom is 0.261 e. The van der Waals surface area contributed by atoms with E-state index in [1.54, 1.807) is 12.1 Å². The van der Waals surface area contributed by atoms with Crippen LogP contribution < -0.4 is 10.1 Å². The smallest absolute Gasteiger partial charge is 0.261 e. The lowest BCUT2D eigenvalue weighted by Crippen LogP contribution is -2.51. The van der Waals surface area contributed by atoms with Gasteiger partial charge >= 0.3 is 0 Å². The Balaban J connectivity index is 2.02. The summed E-state index contributed by atoms with van der Waals surface area (Å²) in [7, 11) is 0. The third kappa shape index (κ3) is 3.25. The Hall–Kier alpha value is -1.26. The number of halogens is 1. The fraction of sp³-hybridized carbons (Fsp3) is 0.533. The second-order valence-corrected chi connectivity index (χ2v) is 5.88. The average Bonchev–Trinajstić information content (AvgIpc) is 2.82. The van der Waals surface area contributed by atoms with Crippen molar-refractivity contribution in [2.24, 2.45) is 0 Å². The zero-order valence-corrected chi connectivity index (χ0v) is 12.5. The number of carbonyl (C=O) groups excluding carboxylic acids is 1. The minimum atomic E-state index is -0.520. The van der Waals surface area contributed by atoms with Crippen molar-refractivity contribution in [3.63, 3.8) is 0 Å². The van der Waals surface area contributed by atoms with Gasteiger partial charge in [-0.15, -0.1) is 0 Å². The van der Waals surface area contributed by atoms with Crippen LogP contribution in [-0.2, 0) is 11.2 Å². The molecule has 1 amide bonds. The Labute approximate surface area is 124 Å². The van der Waals surface area contributed by atoms with Crippen LogP contribution in [0.4, 0.5) is 0 Å². The summed E-state index contributed by atoms with van der Waals surface area (Å²) in [5.41, 5.74) is 0.555. The summed E-state index contributed by atoms with van der Waals surface area (Å²) in [6.07, 6.45) is 1.29. The number of aliphatic hydroxyl groups is 1. The largest absolute Gasteiger partial charge is 0.480 e. The highest BCUT2D eigenvalue weighted by Gasteiger charge is 2.33. The predicted octanol–water partition coefficient (Wildman–Crippen LogP) is 2.31. The molecule has 0 bridgehead atoms. The zero-order chi connectivity index (χ0) is 14.8. The molecule has 2 rings (SSSR count). The van der Waals surface area contributed by atoms with E-state index in [0.717, 1.165) is 17.7 Å². The van der Waals surface area contributed by atoms with Crippen LogP contribution in [0.25, 0.3) is 0 Å². The minimum absolute atomic E-state index is 0.0476. The number of ether oxygens (including phenoxy) is 1. The molecule has 2 N–H and O–H groups in total. The van der Waals surface area contributed by atoms with Crippen molar-refractivity contribution in [2.45, 2.75) is 44.8 Å². The summed E-state index contributed by atoms with van der Waals surface area (Å²) in [6, 6.07) is 5.37. The standard InChI is InChI=1S/C15H20ClNO3/c1-3-15(2,6-7-18)17-14(19)13-9-10-8-11(16)4-5-12(10)20-13/h4-5,8,13,18H,3,6-7,9H2,1-2H3,(H,17,19). The SMILES string of the molecule is CCC(C)(CCO)NC(=O)C1Cc2cc(Cl)ccc2O1. The Morgan fingerprint density at radius 1 is 1.60 bits per heavy atom. The number of rotatable bonds is 5. The van der Waals surface area contributed by atoms with Crippen LogP contribution in [0.3, 0.4) is 0 Å². The number of fused-ring (bicyclic) bond motifs is 1. The first-order valence-electron chi connectivity index (χ1n) is 6.85. The summed E-state index contributed by atoms with van der Waals surface area (Å²) >= 11 is 5.94. The normalized spacial score (nSPS) is 19.9. The van der Waals surface area contributed by atoms with Crippen molar-refractivity contribution in [1.82, 2.24) is 5.32 Å². The van der Waals surface area contributed by atoms with E-state index in [1.165, 1.54) is 0 Å². The number of hydrogen-bond acceptors (Lipinski definition) is 3. The highest BCUT2D eigenvalue weighted by Crippen LogP contribution is 2.31. The topological polar surface area (TPSA) is 58.6 Å². The van der Waals surface area contributed by atoms with E-state index >= 15 is 0 Å². The molecule has 20 heavy (non-hydrogen) atoms. The molecule has 0 saturated carbocycles. The molecule has 1 aromatic rings. The fourth-order valence-corrected chi connectivity index (χ4v) is 2.51. The number of benzene rings is 1. The molecule has 110 valence electrons. The van der Waals surface area contributed by atoms with Gasteiger partial charge in [0, 0.05) is 23.6 Å². The summed E-state index contributed by atoms with van der Waals surface area (Å²) in [4.78, 5) is 12.3. The number of nitrogens with one attached hydrogen (secondary N) is 1. The van der Waals surface area contributed by atoms with Crippen molar-refractivity contribution in [3.8, 4) is 5.75 Å². The highest BCUT2D eigenvalue weighted by molar-refractivity contribution is 6.30. The van der Waals surface area contributed by atoms with E-state index in [1.807, 2.05) is 19.9 Å². The van der Waals surface area contributed by atoms with Gasteiger partial charge in [-0.2, -0.15) is 0 Å². The van der Waals surface area contributed by atoms with Gasteiger partial charge in [0.15, 0.2) is 6.10 Å². The van der Waals surface area contributed by atoms with E-state index in [0.29, 0.717) is 17.9 Å². The molecule has 0 saturated heterocycles. The van der Waals surface area contributed by atoms with E-state index < -0.39 is 11.6 Å². The maximum atomic E-state index is 12.3. The molecule has 0 spiro atoms. The lowest BCUT2D eigenvalue weighted by atomic mass is 9.94. The van der Waals surface area contributed by atoms with Gasteiger partial charge in [0.05, 0.1) is 0 Å². The van der Waals surface area contributed by atoms with Crippen LogP contribution in [0.2, 0.25) is 5.02 Å². The van der Waals surface area contributed by atoms with Crippen LogP contribution in [0, 0.1) is 0 Å². The average molecular weight is 298 g/mol. The van der Waals surface area contributed by atoms with Crippen molar-refractivity contribution in [2.75, 3.05) is 6.61 Å². The van der Waals surface area contributed by atoms with Crippen LogP contribution in [0.1, 0.15) is 32.3 Å². The van der Waals surface area contributed by atoms with Gasteiger partial charge in [0.2, 0.25) is 0 Å². The van der Waals surface area contributed by atoms with Crippen molar-refractivity contribution < 1.29 is 14.6 Å². The first-order valence-corrected chi connectivity index (χ1v) is 7.23. The number of hydrogen-bond donors (Lipinski definition) is 2. The van der Waals surface area contributed by atoms with Crippen molar-refractivity contribution in [3.05, 3.63) is 28.8 Å². The molecular weight excluding hydrogens is 278 g/mol. The molecule has 0 fully saturated rings. The summed E-state index contributed by atoms with van der Waals surface area (Å²) in [5.74, 6) is 0.574. The van der Waals surface area contributed by atoms with Crippen LogP contribution in [0.5, 0.6) is 5.75 Å². The minimum Gasteiger partial charge on any atom is -0.480 e. The molecular formula is C15H20ClNO3. The first kappa shape index (κ1) is 15.1. The molecule has 1 heterocycles. The Kier molecular flexibility index (Phi) is 4.55.